The molecule has 0 aliphatic carbocycles. The summed E-state index contributed by atoms with van der Waals surface area (Å²) in [6.07, 6.45) is 0.288. The van der Waals surface area contributed by atoms with Gasteiger partial charge in [-0.1, -0.05) is 42.1 Å². The van der Waals surface area contributed by atoms with Gasteiger partial charge in [-0.15, -0.1) is 0 Å². The van der Waals surface area contributed by atoms with Crippen LogP contribution in [0.1, 0.15) is 12.0 Å². The van der Waals surface area contributed by atoms with Crippen molar-refractivity contribution in [3.63, 3.8) is 0 Å². The Morgan fingerprint density at radius 1 is 1.38 bits per heavy atom. The molecule has 5 nitrogen and oxygen atoms in total. The van der Waals surface area contributed by atoms with Gasteiger partial charge in [0.15, 0.2) is 5.17 Å². The summed E-state index contributed by atoms with van der Waals surface area (Å²) >= 11 is 1.55. The summed E-state index contributed by atoms with van der Waals surface area (Å²) in [5.41, 5.74) is 1.09. The third-order valence-electron chi connectivity index (χ3n) is 3.62. The summed E-state index contributed by atoms with van der Waals surface area (Å²) < 4.78 is 0. The molecule has 21 heavy (non-hydrogen) atoms. The highest BCUT2D eigenvalue weighted by molar-refractivity contribution is 8.14. The Morgan fingerprint density at radius 3 is 2.90 bits per heavy atom. The van der Waals surface area contributed by atoms with E-state index in [4.69, 9.17) is 0 Å². The van der Waals surface area contributed by atoms with Crippen LogP contribution >= 0.6 is 11.8 Å². The zero-order valence-corrected chi connectivity index (χ0v) is 12.4. The first kappa shape index (κ1) is 14.1. The van der Waals surface area contributed by atoms with Gasteiger partial charge in [0.1, 0.15) is 0 Å². The van der Waals surface area contributed by atoms with Gasteiger partial charge in [0, 0.05) is 25.3 Å². The second kappa shape index (κ2) is 6.30. The smallest absolute Gasteiger partial charge is 0.231 e. The molecule has 1 aromatic carbocycles. The summed E-state index contributed by atoms with van der Waals surface area (Å²) in [5, 5.41) is 3.51. The van der Waals surface area contributed by atoms with E-state index < -0.39 is 0 Å². The quantitative estimate of drug-likeness (QED) is 0.914. The standard InChI is InChI=1S/C15H17N3O2S/c19-13-8-12(14(20)17-15-16-6-7-21-15)10-18(13)9-11-4-2-1-3-5-11/h1-5,12H,6-10H2,(H,16,17,20). The maximum atomic E-state index is 12.2. The van der Waals surface area contributed by atoms with Crippen molar-refractivity contribution in [1.82, 2.24) is 10.2 Å². The van der Waals surface area contributed by atoms with Crippen LogP contribution in [0.4, 0.5) is 0 Å². The predicted molar refractivity (Wildman–Crippen MR) is 82.9 cm³/mol. The molecule has 0 aromatic heterocycles. The highest BCUT2D eigenvalue weighted by Crippen LogP contribution is 2.21. The topological polar surface area (TPSA) is 61.8 Å². The van der Waals surface area contributed by atoms with Crippen LogP contribution < -0.4 is 5.32 Å². The average molecular weight is 303 g/mol. The number of hydrogen-bond donors (Lipinski definition) is 1. The number of likely N-dealkylation sites (tertiary alicyclic amines) is 1. The van der Waals surface area contributed by atoms with Gasteiger partial charge in [0.25, 0.3) is 0 Å². The van der Waals surface area contributed by atoms with E-state index in [1.165, 1.54) is 0 Å². The largest absolute Gasteiger partial charge is 0.338 e. The van der Waals surface area contributed by atoms with Gasteiger partial charge < -0.3 is 10.2 Å². The molecule has 0 saturated carbocycles. The van der Waals surface area contributed by atoms with Gasteiger partial charge in [-0.25, -0.2) is 0 Å². The van der Waals surface area contributed by atoms with Crippen LogP contribution in [0.2, 0.25) is 0 Å². The van der Waals surface area contributed by atoms with E-state index in [0.29, 0.717) is 18.3 Å². The summed E-state index contributed by atoms with van der Waals surface area (Å²) in [6, 6.07) is 9.84. The lowest BCUT2D eigenvalue weighted by atomic mass is 10.1. The molecule has 2 aliphatic heterocycles. The van der Waals surface area contributed by atoms with Crippen LogP contribution in [0.25, 0.3) is 0 Å². The maximum Gasteiger partial charge on any atom is 0.231 e. The number of thioether (sulfide) groups is 1. The van der Waals surface area contributed by atoms with Crippen LogP contribution in [-0.4, -0.2) is 40.7 Å². The van der Waals surface area contributed by atoms with E-state index in [1.54, 1.807) is 16.7 Å². The Bertz CT molecular complexity index is 574. The van der Waals surface area contributed by atoms with Gasteiger partial charge in [-0.05, 0) is 5.56 Å². The highest BCUT2D eigenvalue weighted by atomic mass is 32.2. The van der Waals surface area contributed by atoms with Gasteiger partial charge in [-0.2, -0.15) is 0 Å². The number of carbonyl (C=O) groups excluding carboxylic acids is 2. The number of benzene rings is 1. The maximum absolute atomic E-state index is 12.2. The fourth-order valence-electron chi connectivity index (χ4n) is 2.52. The second-order valence-corrected chi connectivity index (χ2v) is 6.27. The average Bonchev–Trinajstić information content (AvgIpc) is 3.11. The van der Waals surface area contributed by atoms with E-state index >= 15 is 0 Å². The lowest BCUT2D eigenvalue weighted by Crippen LogP contribution is -2.35. The van der Waals surface area contributed by atoms with Gasteiger partial charge in [0.05, 0.1) is 12.5 Å². The van der Waals surface area contributed by atoms with E-state index in [2.05, 4.69) is 10.3 Å². The zero-order chi connectivity index (χ0) is 14.7. The molecule has 1 saturated heterocycles. The number of rotatable bonds is 3. The molecule has 2 aliphatic rings. The Morgan fingerprint density at radius 2 is 2.19 bits per heavy atom. The third-order valence-corrected chi connectivity index (χ3v) is 4.51. The highest BCUT2D eigenvalue weighted by Gasteiger charge is 2.34. The van der Waals surface area contributed by atoms with Crippen molar-refractivity contribution in [2.75, 3.05) is 18.8 Å². The minimum atomic E-state index is -0.273. The van der Waals surface area contributed by atoms with Crippen molar-refractivity contribution in [3.8, 4) is 0 Å². The molecular weight excluding hydrogens is 286 g/mol. The second-order valence-electron chi connectivity index (χ2n) is 5.19. The molecule has 0 bridgehead atoms. The minimum Gasteiger partial charge on any atom is -0.338 e. The number of amidine groups is 1. The molecule has 2 heterocycles. The predicted octanol–water partition coefficient (Wildman–Crippen LogP) is 1.25. The molecule has 1 fully saturated rings. The van der Waals surface area contributed by atoms with Crippen LogP contribution in [-0.2, 0) is 16.1 Å². The molecule has 0 spiro atoms. The summed E-state index contributed by atoms with van der Waals surface area (Å²) in [5.74, 6) is 0.594. The fourth-order valence-corrected chi connectivity index (χ4v) is 3.25. The Kier molecular flexibility index (Phi) is 4.24. The van der Waals surface area contributed by atoms with E-state index in [9.17, 15) is 9.59 Å². The molecule has 110 valence electrons. The summed E-state index contributed by atoms with van der Waals surface area (Å²) in [7, 11) is 0. The van der Waals surface area contributed by atoms with E-state index in [1.807, 2.05) is 30.3 Å². The van der Waals surface area contributed by atoms with Crippen LogP contribution in [0.5, 0.6) is 0 Å². The van der Waals surface area contributed by atoms with Crippen molar-refractivity contribution in [2.45, 2.75) is 13.0 Å². The molecule has 3 rings (SSSR count). The molecule has 2 amide bonds. The van der Waals surface area contributed by atoms with Gasteiger partial charge in [0.2, 0.25) is 11.8 Å². The van der Waals surface area contributed by atoms with Crippen molar-refractivity contribution >= 4 is 28.7 Å². The van der Waals surface area contributed by atoms with Crippen molar-refractivity contribution in [3.05, 3.63) is 35.9 Å². The Hall–Kier alpha value is -1.82. The van der Waals surface area contributed by atoms with Gasteiger partial charge in [-0.3, -0.25) is 14.6 Å². The number of hydrogen-bond acceptors (Lipinski definition) is 4. The number of aliphatic imine (C=N–C) groups is 1. The summed E-state index contributed by atoms with van der Waals surface area (Å²) in [4.78, 5) is 30.2. The number of amides is 2. The van der Waals surface area contributed by atoms with Crippen molar-refractivity contribution in [2.24, 2.45) is 10.9 Å². The first-order valence-electron chi connectivity index (χ1n) is 7.02. The molecule has 1 atom stereocenters. The molecule has 1 unspecified atom stereocenters. The summed E-state index contributed by atoms with van der Waals surface area (Å²) in [6.45, 7) is 1.81. The van der Waals surface area contributed by atoms with Crippen molar-refractivity contribution < 1.29 is 9.59 Å². The third kappa shape index (κ3) is 3.44. The Balaban J connectivity index is 1.57. The first-order valence-corrected chi connectivity index (χ1v) is 8.01. The van der Waals surface area contributed by atoms with Crippen LogP contribution in [0.15, 0.2) is 35.3 Å². The molecule has 1 N–H and O–H groups in total. The molecule has 1 aromatic rings. The van der Waals surface area contributed by atoms with Crippen LogP contribution in [0, 0.1) is 5.92 Å². The SMILES string of the molecule is O=C(NC1=NCCS1)C1CC(=O)N(Cc2ccccc2)C1. The lowest BCUT2D eigenvalue weighted by molar-refractivity contribution is -0.129. The van der Waals surface area contributed by atoms with Crippen molar-refractivity contribution in [1.29, 1.82) is 0 Å². The monoisotopic (exact) mass is 303 g/mol. The van der Waals surface area contributed by atoms with Gasteiger partial charge >= 0.3 is 0 Å². The number of nitrogens with zero attached hydrogens (tertiary/aromatic N) is 2. The molecule has 6 heteroatoms. The first-order chi connectivity index (χ1) is 10.2. The number of carbonyl (C=O) groups is 2. The number of nitrogens with one attached hydrogen (secondary N) is 1. The molecule has 0 radical (unpaired) electrons. The van der Waals surface area contributed by atoms with E-state index in [-0.39, 0.29) is 24.2 Å². The van der Waals surface area contributed by atoms with E-state index in [0.717, 1.165) is 17.9 Å². The zero-order valence-electron chi connectivity index (χ0n) is 11.6. The lowest BCUT2D eigenvalue weighted by Gasteiger charge is -2.16. The minimum absolute atomic E-state index is 0.0417. The molecular formula is C15H17N3O2S. The van der Waals surface area contributed by atoms with Crippen LogP contribution in [0.3, 0.4) is 0 Å². The Labute approximate surface area is 127 Å². The normalized spacial score (nSPS) is 21.5. The fraction of sp³-hybridized carbons (Fsp3) is 0.400.